The van der Waals surface area contributed by atoms with Crippen LogP contribution in [0.2, 0.25) is 0 Å². The SMILES string of the molecule is CCOc1ccc(/C=C(\C#N)C(=O)Nc2ccc(S(=O)(=O)Nc3cc(C)nc(C)n3)cc2)cc1OC. The summed E-state index contributed by atoms with van der Waals surface area (Å²) >= 11 is 0. The van der Waals surface area contributed by atoms with Crippen LogP contribution in [0.3, 0.4) is 0 Å². The molecule has 0 aliphatic rings. The van der Waals surface area contributed by atoms with Gasteiger partial charge in [-0.1, -0.05) is 6.07 Å². The van der Waals surface area contributed by atoms with Crippen LogP contribution in [0.15, 0.2) is 59.0 Å². The van der Waals surface area contributed by atoms with Gasteiger partial charge in [0.1, 0.15) is 23.3 Å². The Kier molecular flexibility index (Phi) is 8.24. The molecule has 3 aromatic rings. The zero-order valence-electron chi connectivity index (χ0n) is 20.2. The number of anilines is 2. The molecule has 0 bridgehead atoms. The van der Waals surface area contributed by atoms with E-state index in [1.165, 1.54) is 43.5 Å². The van der Waals surface area contributed by atoms with Crippen LogP contribution in [0, 0.1) is 25.2 Å². The number of nitrogens with zero attached hydrogens (tertiary/aromatic N) is 3. The van der Waals surface area contributed by atoms with Crippen molar-refractivity contribution in [2.45, 2.75) is 25.7 Å². The number of aromatic nitrogens is 2. The largest absolute Gasteiger partial charge is 0.493 e. The fourth-order valence-corrected chi connectivity index (χ4v) is 4.24. The molecular formula is C25H25N5O5S. The minimum absolute atomic E-state index is 0.0213. The molecule has 2 aromatic carbocycles. The van der Waals surface area contributed by atoms with E-state index in [2.05, 4.69) is 20.0 Å². The molecule has 0 aliphatic carbocycles. The zero-order valence-corrected chi connectivity index (χ0v) is 21.0. The Labute approximate surface area is 209 Å². The molecule has 11 heteroatoms. The van der Waals surface area contributed by atoms with Crippen LogP contribution >= 0.6 is 0 Å². The van der Waals surface area contributed by atoms with E-state index in [-0.39, 0.29) is 16.3 Å². The molecule has 0 aliphatic heterocycles. The molecule has 3 rings (SSSR count). The van der Waals surface area contributed by atoms with Crippen molar-refractivity contribution >= 4 is 33.5 Å². The van der Waals surface area contributed by atoms with Crippen LogP contribution < -0.4 is 19.5 Å². The van der Waals surface area contributed by atoms with Crippen LogP contribution in [0.25, 0.3) is 6.08 Å². The highest BCUT2D eigenvalue weighted by atomic mass is 32.2. The number of benzene rings is 2. The monoisotopic (exact) mass is 507 g/mol. The van der Waals surface area contributed by atoms with Crippen molar-refractivity contribution in [1.82, 2.24) is 9.97 Å². The fraction of sp³-hybridized carbons (Fsp3) is 0.200. The molecule has 10 nitrogen and oxygen atoms in total. The second-order valence-electron chi connectivity index (χ2n) is 7.54. The summed E-state index contributed by atoms with van der Waals surface area (Å²) in [5.41, 5.74) is 1.38. The maximum absolute atomic E-state index is 12.7. The van der Waals surface area contributed by atoms with Gasteiger partial charge in [0, 0.05) is 17.4 Å². The lowest BCUT2D eigenvalue weighted by Crippen LogP contribution is -2.16. The van der Waals surface area contributed by atoms with E-state index in [1.54, 1.807) is 32.0 Å². The molecule has 36 heavy (non-hydrogen) atoms. The first-order chi connectivity index (χ1) is 17.1. The van der Waals surface area contributed by atoms with E-state index in [9.17, 15) is 18.5 Å². The molecule has 0 saturated carbocycles. The Morgan fingerprint density at radius 2 is 1.81 bits per heavy atom. The Morgan fingerprint density at radius 3 is 2.42 bits per heavy atom. The van der Waals surface area contributed by atoms with Crippen molar-refractivity contribution in [2.24, 2.45) is 0 Å². The van der Waals surface area contributed by atoms with Crippen molar-refractivity contribution in [3.63, 3.8) is 0 Å². The van der Waals surface area contributed by atoms with Crippen molar-refractivity contribution < 1.29 is 22.7 Å². The third-order valence-electron chi connectivity index (χ3n) is 4.79. The predicted molar refractivity (Wildman–Crippen MR) is 135 cm³/mol. The minimum atomic E-state index is -3.91. The first-order valence-electron chi connectivity index (χ1n) is 10.8. The Morgan fingerprint density at radius 1 is 1.08 bits per heavy atom. The molecule has 0 unspecified atom stereocenters. The van der Waals surface area contributed by atoms with Gasteiger partial charge in [0.15, 0.2) is 11.5 Å². The van der Waals surface area contributed by atoms with Gasteiger partial charge in [-0.05, 0) is 68.8 Å². The number of rotatable bonds is 9. The summed E-state index contributed by atoms with van der Waals surface area (Å²) in [5.74, 6) is 0.976. The third kappa shape index (κ3) is 6.58. The number of carbonyl (C=O) groups is 1. The summed E-state index contributed by atoms with van der Waals surface area (Å²) in [7, 11) is -2.41. The average Bonchev–Trinajstić information content (AvgIpc) is 2.82. The van der Waals surface area contributed by atoms with Gasteiger partial charge in [0.2, 0.25) is 0 Å². The summed E-state index contributed by atoms with van der Waals surface area (Å²) in [5, 5.41) is 12.1. The van der Waals surface area contributed by atoms with E-state index in [0.29, 0.717) is 40.9 Å². The highest BCUT2D eigenvalue weighted by Gasteiger charge is 2.17. The Bertz CT molecular complexity index is 1420. The standard InChI is InChI=1S/C25H25N5O5S/c1-5-35-22-11-6-18(14-23(22)34-4)13-19(15-26)25(31)29-20-7-9-21(10-8-20)36(32,33)30-24-12-16(2)27-17(3)28-24/h6-14H,5H2,1-4H3,(H,29,31)(H,27,28,30)/b19-13+. The molecule has 0 fully saturated rings. The number of hydrogen-bond acceptors (Lipinski definition) is 8. The van der Waals surface area contributed by atoms with Crippen molar-refractivity contribution in [3.8, 4) is 17.6 Å². The number of hydrogen-bond donors (Lipinski definition) is 2. The fourth-order valence-electron chi connectivity index (χ4n) is 3.25. The lowest BCUT2D eigenvalue weighted by Gasteiger charge is -2.10. The number of methoxy groups -OCH3 is 1. The van der Waals surface area contributed by atoms with Crippen LogP contribution in [-0.2, 0) is 14.8 Å². The molecule has 1 heterocycles. The van der Waals surface area contributed by atoms with Gasteiger partial charge < -0.3 is 14.8 Å². The summed E-state index contributed by atoms with van der Waals surface area (Å²) in [6, 6.07) is 14.0. The number of ether oxygens (including phenoxy) is 2. The number of sulfonamides is 1. The lowest BCUT2D eigenvalue weighted by molar-refractivity contribution is -0.112. The first kappa shape index (κ1) is 26.2. The zero-order chi connectivity index (χ0) is 26.3. The van der Waals surface area contributed by atoms with Crippen molar-refractivity contribution in [2.75, 3.05) is 23.8 Å². The summed E-state index contributed by atoms with van der Waals surface area (Å²) in [6.07, 6.45) is 1.42. The molecule has 0 spiro atoms. The summed E-state index contributed by atoms with van der Waals surface area (Å²) < 4.78 is 38.6. The van der Waals surface area contributed by atoms with Gasteiger partial charge >= 0.3 is 0 Å². The van der Waals surface area contributed by atoms with E-state index in [4.69, 9.17) is 9.47 Å². The van der Waals surface area contributed by atoms with Crippen LogP contribution in [0.5, 0.6) is 11.5 Å². The molecule has 186 valence electrons. The number of aryl methyl sites for hydroxylation is 2. The van der Waals surface area contributed by atoms with E-state index >= 15 is 0 Å². The topological polar surface area (TPSA) is 143 Å². The average molecular weight is 508 g/mol. The highest BCUT2D eigenvalue weighted by molar-refractivity contribution is 7.92. The number of amides is 1. The molecular weight excluding hydrogens is 482 g/mol. The Balaban J connectivity index is 1.74. The van der Waals surface area contributed by atoms with Gasteiger partial charge in [-0.25, -0.2) is 18.4 Å². The molecule has 2 N–H and O–H groups in total. The van der Waals surface area contributed by atoms with E-state index < -0.39 is 15.9 Å². The van der Waals surface area contributed by atoms with Crippen LogP contribution in [0.1, 0.15) is 24.0 Å². The second-order valence-corrected chi connectivity index (χ2v) is 9.22. The maximum atomic E-state index is 12.7. The third-order valence-corrected chi connectivity index (χ3v) is 6.16. The van der Waals surface area contributed by atoms with Crippen LogP contribution in [0.4, 0.5) is 11.5 Å². The van der Waals surface area contributed by atoms with Gasteiger partial charge in [-0.3, -0.25) is 9.52 Å². The molecule has 0 saturated heterocycles. The molecule has 1 amide bonds. The van der Waals surface area contributed by atoms with E-state index in [0.717, 1.165) is 0 Å². The minimum Gasteiger partial charge on any atom is -0.493 e. The van der Waals surface area contributed by atoms with Gasteiger partial charge in [-0.15, -0.1) is 0 Å². The van der Waals surface area contributed by atoms with Gasteiger partial charge in [0.05, 0.1) is 18.6 Å². The number of nitriles is 1. The maximum Gasteiger partial charge on any atom is 0.266 e. The first-order valence-corrected chi connectivity index (χ1v) is 12.3. The predicted octanol–water partition coefficient (Wildman–Crippen LogP) is 3.85. The Hall–Kier alpha value is -4.43. The van der Waals surface area contributed by atoms with Crippen molar-refractivity contribution in [3.05, 3.63) is 71.2 Å². The summed E-state index contributed by atoms with van der Waals surface area (Å²) in [4.78, 5) is 20.8. The van der Waals surface area contributed by atoms with Crippen molar-refractivity contribution in [1.29, 1.82) is 5.26 Å². The summed E-state index contributed by atoms with van der Waals surface area (Å²) in [6.45, 7) is 5.72. The molecule has 0 atom stereocenters. The van der Waals surface area contributed by atoms with Gasteiger partial charge in [0.25, 0.3) is 15.9 Å². The number of carbonyl (C=O) groups excluding carboxylic acids is 1. The second kappa shape index (κ2) is 11.3. The quantitative estimate of drug-likeness (QED) is 0.328. The molecule has 0 radical (unpaired) electrons. The molecule has 1 aromatic heterocycles. The normalized spacial score (nSPS) is 11.4. The number of nitrogens with one attached hydrogen (secondary N) is 2. The lowest BCUT2D eigenvalue weighted by atomic mass is 10.1. The van der Waals surface area contributed by atoms with Gasteiger partial charge in [-0.2, -0.15) is 5.26 Å². The van der Waals surface area contributed by atoms with Crippen LogP contribution in [-0.4, -0.2) is 38.0 Å². The smallest absolute Gasteiger partial charge is 0.266 e. The highest BCUT2D eigenvalue weighted by Crippen LogP contribution is 2.29. The van der Waals surface area contributed by atoms with E-state index in [1.807, 2.05) is 13.0 Å².